The smallest absolute Gasteiger partial charge is 0.254 e. The molecule has 0 N–H and O–H groups in total. The largest absolute Gasteiger partial charge is 0.493 e. The summed E-state index contributed by atoms with van der Waals surface area (Å²) in [5.41, 5.74) is 3.65. The Labute approximate surface area is 194 Å². The van der Waals surface area contributed by atoms with E-state index in [-0.39, 0.29) is 11.9 Å². The van der Waals surface area contributed by atoms with Crippen molar-refractivity contribution >= 4 is 22.6 Å². The SMILES string of the molecule is COc1cc(C(=O)N(Cc2cc3ccc(C)cc3nc2N(C)C)C2CC2)cc(OC)c1OC. The number of benzene rings is 2. The van der Waals surface area contributed by atoms with Crippen molar-refractivity contribution in [3.8, 4) is 17.2 Å². The van der Waals surface area contributed by atoms with E-state index < -0.39 is 0 Å². The second kappa shape index (κ2) is 9.17. The molecule has 0 bridgehead atoms. The second-order valence-corrected chi connectivity index (χ2v) is 8.64. The van der Waals surface area contributed by atoms with Gasteiger partial charge in [0.1, 0.15) is 5.82 Å². The summed E-state index contributed by atoms with van der Waals surface area (Å²) in [6, 6.07) is 12.0. The topological polar surface area (TPSA) is 64.1 Å². The molecule has 1 aliphatic carbocycles. The monoisotopic (exact) mass is 449 g/mol. The highest BCUT2D eigenvalue weighted by Gasteiger charge is 2.34. The molecule has 1 heterocycles. The Morgan fingerprint density at radius 3 is 2.21 bits per heavy atom. The van der Waals surface area contributed by atoms with Gasteiger partial charge in [0.25, 0.3) is 5.91 Å². The zero-order valence-electron chi connectivity index (χ0n) is 20.1. The van der Waals surface area contributed by atoms with Crippen LogP contribution in [0.5, 0.6) is 17.2 Å². The van der Waals surface area contributed by atoms with Crippen LogP contribution in [0, 0.1) is 6.92 Å². The van der Waals surface area contributed by atoms with Gasteiger partial charge in [-0.3, -0.25) is 4.79 Å². The first-order valence-electron chi connectivity index (χ1n) is 11.0. The maximum Gasteiger partial charge on any atom is 0.254 e. The first kappa shape index (κ1) is 22.7. The van der Waals surface area contributed by atoms with Crippen LogP contribution in [0.4, 0.5) is 5.82 Å². The average molecular weight is 450 g/mol. The fourth-order valence-corrected chi connectivity index (χ4v) is 4.12. The number of amides is 1. The molecule has 0 atom stereocenters. The Balaban J connectivity index is 1.74. The molecule has 1 fully saturated rings. The summed E-state index contributed by atoms with van der Waals surface area (Å²) in [6.07, 6.45) is 1.99. The molecule has 0 aliphatic heterocycles. The van der Waals surface area contributed by atoms with Gasteiger partial charge in [-0.2, -0.15) is 0 Å². The van der Waals surface area contributed by atoms with Crippen molar-refractivity contribution in [2.75, 3.05) is 40.3 Å². The third-order valence-corrected chi connectivity index (χ3v) is 5.95. The first-order valence-corrected chi connectivity index (χ1v) is 11.0. The summed E-state index contributed by atoms with van der Waals surface area (Å²) in [5.74, 6) is 2.21. The number of aryl methyl sites for hydroxylation is 1. The molecule has 7 nitrogen and oxygen atoms in total. The lowest BCUT2D eigenvalue weighted by Crippen LogP contribution is -2.33. The molecule has 7 heteroatoms. The number of methoxy groups -OCH3 is 3. The van der Waals surface area contributed by atoms with Gasteiger partial charge in [0, 0.05) is 43.2 Å². The van der Waals surface area contributed by atoms with Crippen LogP contribution in [-0.2, 0) is 6.54 Å². The highest BCUT2D eigenvalue weighted by molar-refractivity contribution is 5.96. The molecule has 1 aliphatic rings. The van der Waals surface area contributed by atoms with Crippen LogP contribution >= 0.6 is 0 Å². The number of carbonyl (C=O) groups is 1. The lowest BCUT2D eigenvalue weighted by molar-refractivity contribution is 0.0729. The van der Waals surface area contributed by atoms with E-state index in [0.717, 1.165) is 35.1 Å². The van der Waals surface area contributed by atoms with Gasteiger partial charge in [-0.1, -0.05) is 12.1 Å². The molecule has 4 rings (SSSR count). The molecule has 0 unspecified atom stereocenters. The minimum atomic E-state index is -0.0644. The zero-order chi connectivity index (χ0) is 23.7. The van der Waals surface area contributed by atoms with Crippen LogP contribution in [0.2, 0.25) is 0 Å². The average Bonchev–Trinajstić information content (AvgIpc) is 3.65. The molecule has 33 heavy (non-hydrogen) atoms. The first-order chi connectivity index (χ1) is 15.9. The number of ether oxygens (including phenoxy) is 3. The van der Waals surface area contributed by atoms with E-state index in [2.05, 4.69) is 31.2 Å². The van der Waals surface area contributed by atoms with Gasteiger partial charge in [0.05, 0.1) is 26.8 Å². The van der Waals surface area contributed by atoms with Gasteiger partial charge < -0.3 is 24.0 Å². The molecular formula is C26H31N3O4. The number of hydrogen-bond acceptors (Lipinski definition) is 6. The third kappa shape index (κ3) is 4.53. The molecule has 2 aromatic carbocycles. The Morgan fingerprint density at radius 1 is 1.00 bits per heavy atom. The van der Waals surface area contributed by atoms with Gasteiger partial charge >= 0.3 is 0 Å². The maximum absolute atomic E-state index is 13.7. The fraction of sp³-hybridized carbons (Fsp3) is 0.385. The molecule has 0 saturated heterocycles. The number of hydrogen-bond donors (Lipinski definition) is 0. The van der Waals surface area contributed by atoms with E-state index in [1.807, 2.05) is 23.9 Å². The lowest BCUT2D eigenvalue weighted by Gasteiger charge is -2.26. The van der Waals surface area contributed by atoms with E-state index in [0.29, 0.717) is 29.4 Å². The molecule has 3 aromatic rings. The summed E-state index contributed by atoms with van der Waals surface area (Å²) in [5, 5.41) is 1.07. The third-order valence-electron chi connectivity index (χ3n) is 5.95. The number of pyridine rings is 1. The van der Waals surface area contributed by atoms with E-state index in [1.165, 1.54) is 5.56 Å². The summed E-state index contributed by atoms with van der Waals surface area (Å²) in [4.78, 5) is 22.5. The number of carbonyl (C=O) groups excluding carboxylic acids is 1. The second-order valence-electron chi connectivity index (χ2n) is 8.64. The normalized spacial score (nSPS) is 13.0. The summed E-state index contributed by atoms with van der Waals surface area (Å²) < 4.78 is 16.3. The molecule has 0 spiro atoms. The number of anilines is 1. The Morgan fingerprint density at radius 2 is 1.67 bits per heavy atom. The fourth-order valence-electron chi connectivity index (χ4n) is 4.12. The summed E-state index contributed by atoms with van der Waals surface area (Å²) >= 11 is 0. The lowest BCUT2D eigenvalue weighted by atomic mass is 10.1. The number of aromatic nitrogens is 1. The van der Waals surface area contributed by atoms with Gasteiger partial charge in [-0.25, -0.2) is 4.98 Å². The zero-order valence-corrected chi connectivity index (χ0v) is 20.1. The van der Waals surface area contributed by atoms with Crippen molar-refractivity contribution in [3.05, 3.63) is 53.1 Å². The Bertz CT molecular complexity index is 1160. The summed E-state index contributed by atoms with van der Waals surface area (Å²) in [7, 11) is 8.62. The van der Waals surface area contributed by atoms with Gasteiger partial charge in [-0.15, -0.1) is 0 Å². The number of nitrogens with zero attached hydrogens (tertiary/aromatic N) is 3. The molecular weight excluding hydrogens is 418 g/mol. The minimum Gasteiger partial charge on any atom is -0.493 e. The Kier molecular flexibility index (Phi) is 6.31. The highest BCUT2D eigenvalue weighted by Crippen LogP contribution is 2.40. The maximum atomic E-state index is 13.7. The van der Waals surface area contributed by atoms with E-state index >= 15 is 0 Å². The van der Waals surface area contributed by atoms with Gasteiger partial charge in [0.15, 0.2) is 11.5 Å². The number of rotatable bonds is 8. The predicted octanol–water partition coefficient (Wildman–Crippen LogP) is 4.44. The molecule has 1 aromatic heterocycles. The number of fused-ring (bicyclic) bond motifs is 1. The van der Waals surface area contributed by atoms with Crippen molar-refractivity contribution in [1.29, 1.82) is 0 Å². The van der Waals surface area contributed by atoms with Crippen LogP contribution in [0.3, 0.4) is 0 Å². The van der Waals surface area contributed by atoms with Crippen LogP contribution in [-0.4, -0.2) is 57.3 Å². The van der Waals surface area contributed by atoms with Gasteiger partial charge in [0.2, 0.25) is 5.75 Å². The quantitative estimate of drug-likeness (QED) is 0.507. The van der Waals surface area contributed by atoms with Crippen LogP contribution in [0.25, 0.3) is 10.9 Å². The highest BCUT2D eigenvalue weighted by atomic mass is 16.5. The van der Waals surface area contributed by atoms with Crippen molar-refractivity contribution in [2.24, 2.45) is 0 Å². The minimum absolute atomic E-state index is 0.0644. The van der Waals surface area contributed by atoms with Gasteiger partial charge in [-0.05, 0) is 49.6 Å². The van der Waals surface area contributed by atoms with Crippen LogP contribution in [0.1, 0.15) is 34.3 Å². The standard InChI is InChI=1S/C26H31N3O4/c1-16-7-8-17-12-19(25(28(2)3)27-21(17)11-16)15-29(20-9-10-20)26(30)18-13-22(31-4)24(33-6)23(14-18)32-5/h7-8,11-14,20H,9-10,15H2,1-6H3. The van der Waals surface area contributed by atoms with Crippen molar-refractivity contribution < 1.29 is 19.0 Å². The van der Waals surface area contributed by atoms with Crippen molar-refractivity contribution in [1.82, 2.24) is 9.88 Å². The van der Waals surface area contributed by atoms with E-state index in [9.17, 15) is 4.79 Å². The van der Waals surface area contributed by atoms with E-state index in [4.69, 9.17) is 19.2 Å². The molecule has 1 amide bonds. The van der Waals surface area contributed by atoms with Crippen molar-refractivity contribution in [2.45, 2.75) is 32.4 Å². The predicted molar refractivity (Wildman–Crippen MR) is 130 cm³/mol. The molecule has 1 saturated carbocycles. The van der Waals surface area contributed by atoms with Crippen molar-refractivity contribution in [3.63, 3.8) is 0 Å². The van der Waals surface area contributed by atoms with E-state index in [1.54, 1.807) is 33.5 Å². The molecule has 0 radical (unpaired) electrons. The molecule has 174 valence electrons. The van der Waals surface area contributed by atoms with Crippen LogP contribution < -0.4 is 19.1 Å². The van der Waals surface area contributed by atoms with Crippen LogP contribution in [0.15, 0.2) is 36.4 Å². The Hall–Kier alpha value is -3.48. The summed E-state index contributed by atoms with van der Waals surface area (Å²) in [6.45, 7) is 2.54.